The van der Waals surface area contributed by atoms with Gasteiger partial charge in [-0.05, 0) is 29.3 Å². The Morgan fingerprint density at radius 1 is 0.818 bits per heavy atom. The number of rotatable bonds is 0. The fraction of sp³-hybridized carbons (Fsp3) is 0. The van der Waals surface area contributed by atoms with E-state index in [2.05, 4.69) is 39.1 Å². The highest BCUT2D eigenvalue weighted by Gasteiger charge is 2.29. The predicted octanol–water partition coefficient (Wildman–Crippen LogP) is 5.30. The Hall–Kier alpha value is -2.39. The number of fused-ring (bicyclic) bond motifs is 7. The van der Waals surface area contributed by atoms with E-state index in [1.807, 2.05) is 36.4 Å². The fourth-order valence-corrected chi connectivity index (χ4v) is 3.81. The Bertz CT molecular complexity index is 1110. The fourth-order valence-electron chi connectivity index (χ4n) is 3.45. The van der Waals surface area contributed by atoms with Crippen molar-refractivity contribution in [2.45, 2.75) is 0 Å². The van der Waals surface area contributed by atoms with Crippen LogP contribution in [-0.4, -0.2) is 10.8 Å². The van der Waals surface area contributed by atoms with Gasteiger partial charge in [0.2, 0.25) is 0 Å². The van der Waals surface area contributed by atoms with Crippen molar-refractivity contribution in [3.05, 3.63) is 70.2 Å². The molecule has 5 rings (SSSR count). The number of benzene rings is 3. The Morgan fingerprint density at radius 3 is 2.50 bits per heavy atom. The van der Waals surface area contributed by atoms with Gasteiger partial charge in [0.25, 0.3) is 0 Å². The summed E-state index contributed by atoms with van der Waals surface area (Å²) < 4.78 is 1.04. The molecule has 0 saturated heterocycles. The molecule has 2 nitrogen and oxygen atoms in total. The number of carbonyl (C=O) groups is 1. The van der Waals surface area contributed by atoms with Crippen molar-refractivity contribution >= 4 is 43.5 Å². The molecule has 0 saturated carbocycles. The maximum atomic E-state index is 12.8. The number of hydrogen-bond donors (Lipinski definition) is 1. The van der Waals surface area contributed by atoms with E-state index in [0.29, 0.717) is 0 Å². The van der Waals surface area contributed by atoms with Crippen LogP contribution in [0.2, 0.25) is 0 Å². The van der Waals surface area contributed by atoms with Crippen LogP contribution in [0.5, 0.6) is 0 Å². The summed E-state index contributed by atoms with van der Waals surface area (Å²) in [5.74, 6) is 0.113. The molecule has 0 fully saturated rings. The lowest BCUT2D eigenvalue weighted by Crippen LogP contribution is -1.95. The van der Waals surface area contributed by atoms with Gasteiger partial charge in [0.15, 0.2) is 5.78 Å². The van der Waals surface area contributed by atoms with Crippen LogP contribution in [0.3, 0.4) is 0 Å². The van der Waals surface area contributed by atoms with Crippen LogP contribution < -0.4 is 0 Å². The van der Waals surface area contributed by atoms with Gasteiger partial charge in [-0.2, -0.15) is 0 Å². The largest absolute Gasteiger partial charge is 0.354 e. The molecule has 1 aromatic heterocycles. The zero-order valence-electron chi connectivity index (χ0n) is 11.5. The smallest absolute Gasteiger partial charge is 0.196 e. The SMILES string of the molecule is O=C1c2ccccc2-c2ccc3c([nH]c4ccc(Br)cc43)c21. The van der Waals surface area contributed by atoms with Gasteiger partial charge in [0.1, 0.15) is 0 Å². The van der Waals surface area contributed by atoms with E-state index >= 15 is 0 Å². The topological polar surface area (TPSA) is 32.9 Å². The Kier molecular flexibility index (Phi) is 2.26. The summed E-state index contributed by atoms with van der Waals surface area (Å²) in [6.45, 7) is 0. The highest BCUT2D eigenvalue weighted by atomic mass is 79.9. The minimum atomic E-state index is 0.113. The van der Waals surface area contributed by atoms with Crippen LogP contribution in [0, 0.1) is 0 Å². The van der Waals surface area contributed by atoms with Gasteiger partial charge in [-0.15, -0.1) is 0 Å². The highest BCUT2D eigenvalue weighted by Crippen LogP contribution is 2.41. The van der Waals surface area contributed by atoms with Crippen molar-refractivity contribution < 1.29 is 4.79 Å². The van der Waals surface area contributed by atoms with E-state index in [-0.39, 0.29) is 5.78 Å². The summed E-state index contributed by atoms with van der Waals surface area (Å²) in [5.41, 5.74) is 5.64. The molecule has 4 aromatic rings. The summed E-state index contributed by atoms with van der Waals surface area (Å²) in [6, 6.07) is 18.1. The molecule has 0 bridgehead atoms. The third kappa shape index (κ3) is 1.41. The molecule has 0 unspecified atom stereocenters. The third-order valence-corrected chi connectivity index (χ3v) is 4.92. The number of halogens is 1. The van der Waals surface area contributed by atoms with Crippen LogP contribution in [0.15, 0.2) is 59.1 Å². The Morgan fingerprint density at radius 2 is 1.64 bits per heavy atom. The molecule has 1 N–H and O–H groups in total. The Labute approximate surface area is 134 Å². The van der Waals surface area contributed by atoms with Crippen molar-refractivity contribution in [2.24, 2.45) is 0 Å². The number of ketones is 1. The van der Waals surface area contributed by atoms with E-state index in [1.54, 1.807) is 0 Å². The number of carbonyl (C=O) groups excluding carboxylic acids is 1. The lowest BCUT2D eigenvalue weighted by molar-refractivity contribution is 0.104. The monoisotopic (exact) mass is 347 g/mol. The maximum absolute atomic E-state index is 12.8. The lowest BCUT2D eigenvalue weighted by atomic mass is 10.0. The van der Waals surface area contributed by atoms with Crippen molar-refractivity contribution in [3.63, 3.8) is 0 Å². The number of aromatic amines is 1. The van der Waals surface area contributed by atoms with E-state index in [4.69, 9.17) is 0 Å². The molecule has 3 heteroatoms. The minimum Gasteiger partial charge on any atom is -0.354 e. The number of aromatic nitrogens is 1. The van der Waals surface area contributed by atoms with E-state index in [0.717, 1.165) is 48.5 Å². The van der Waals surface area contributed by atoms with Crippen molar-refractivity contribution in [1.29, 1.82) is 0 Å². The predicted molar refractivity (Wildman–Crippen MR) is 92.4 cm³/mol. The lowest BCUT2D eigenvalue weighted by Gasteiger charge is -2.00. The summed E-state index contributed by atoms with van der Waals surface area (Å²) >= 11 is 3.52. The van der Waals surface area contributed by atoms with Crippen LogP contribution in [0.4, 0.5) is 0 Å². The number of hydrogen-bond acceptors (Lipinski definition) is 1. The summed E-state index contributed by atoms with van der Waals surface area (Å²) in [6.07, 6.45) is 0. The van der Waals surface area contributed by atoms with Crippen LogP contribution in [0.25, 0.3) is 32.9 Å². The number of nitrogens with one attached hydrogen (secondary N) is 1. The molecular formula is C19H10BrNO. The second-order valence-corrected chi connectivity index (χ2v) is 6.52. The van der Waals surface area contributed by atoms with Gasteiger partial charge in [0, 0.05) is 26.3 Å². The molecule has 0 atom stereocenters. The zero-order chi connectivity index (χ0) is 14.8. The molecule has 0 radical (unpaired) electrons. The molecule has 0 spiro atoms. The quantitative estimate of drug-likeness (QED) is 0.405. The normalized spacial score (nSPS) is 12.9. The Balaban J connectivity index is 1.96. The summed E-state index contributed by atoms with van der Waals surface area (Å²) in [4.78, 5) is 16.2. The third-order valence-electron chi connectivity index (χ3n) is 4.43. The molecule has 1 aliphatic carbocycles. The standard InChI is InChI=1S/C19H10BrNO/c20-10-5-8-16-15(9-10)13-7-6-12-11-3-1-2-4-14(11)19(22)17(12)18(13)21-16/h1-9,21H. The van der Waals surface area contributed by atoms with Crippen LogP contribution in [-0.2, 0) is 0 Å². The first-order chi connectivity index (χ1) is 10.7. The molecular weight excluding hydrogens is 338 g/mol. The van der Waals surface area contributed by atoms with E-state index in [9.17, 15) is 4.79 Å². The molecule has 22 heavy (non-hydrogen) atoms. The minimum absolute atomic E-state index is 0.113. The van der Waals surface area contributed by atoms with Gasteiger partial charge in [0.05, 0.1) is 11.1 Å². The van der Waals surface area contributed by atoms with Gasteiger partial charge in [-0.1, -0.05) is 52.3 Å². The first kappa shape index (κ1) is 12.2. The number of H-pyrrole nitrogens is 1. The molecule has 3 aromatic carbocycles. The van der Waals surface area contributed by atoms with Crippen molar-refractivity contribution in [3.8, 4) is 11.1 Å². The average Bonchev–Trinajstić information content (AvgIpc) is 3.04. The second kappa shape index (κ2) is 4.08. The van der Waals surface area contributed by atoms with Gasteiger partial charge in [-0.25, -0.2) is 0 Å². The second-order valence-electron chi connectivity index (χ2n) is 5.60. The molecule has 104 valence electrons. The summed E-state index contributed by atoms with van der Waals surface area (Å²) in [5, 5.41) is 2.23. The molecule has 1 heterocycles. The summed E-state index contributed by atoms with van der Waals surface area (Å²) in [7, 11) is 0. The van der Waals surface area contributed by atoms with Crippen LogP contribution in [0.1, 0.15) is 15.9 Å². The molecule has 0 aliphatic heterocycles. The van der Waals surface area contributed by atoms with Crippen molar-refractivity contribution in [1.82, 2.24) is 4.98 Å². The maximum Gasteiger partial charge on any atom is 0.196 e. The van der Waals surface area contributed by atoms with Gasteiger partial charge >= 0.3 is 0 Å². The first-order valence-corrected chi connectivity index (χ1v) is 7.91. The molecule has 1 aliphatic rings. The van der Waals surface area contributed by atoms with E-state index in [1.165, 1.54) is 0 Å². The molecule has 0 amide bonds. The van der Waals surface area contributed by atoms with Gasteiger partial charge in [-0.3, -0.25) is 4.79 Å². The van der Waals surface area contributed by atoms with Crippen LogP contribution >= 0.6 is 15.9 Å². The average molecular weight is 348 g/mol. The van der Waals surface area contributed by atoms with Crippen molar-refractivity contribution in [2.75, 3.05) is 0 Å². The zero-order valence-corrected chi connectivity index (χ0v) is 13.1. The van der Waals surface area contributed by atoms with E-state index < -0.39 is 0 Å². The highest BCUT2D eigenvalue weighted by molar-refractivity contribution is 9.10. The first-order valence-electron chi connectivity index (χ1n) is 7.12. The van der Waals surface area contributed by atoms with Gasteiger partial charge < -0.3 is 4.98 Å².